The van der Waals surface area contributed by atoms with Crippen molar-refractivity contribution in [2.75, 3.05) is 0 Å². The number of aromatic nitrogens is 3. The molecule has 156 valence electrons. The topological polar surface area (TPSA) is 79.3 Å². The molecular weight excluding hydrogens is 400 g/mol. The molecule has 0 unspecified atom stereocenters. The second kappa shape index (κ2) is 7.20. The van der Waals surface area contributed by atoms with Crippen LogP contribution in [0.4, 0.5) is 0 Å². The highest BCUT2D eigenvalue weighted by molar-refractivity contribution is 5.94. The first kappa shape index (κ1) is 18.6. The van der Waals surface area contributed by atoms with Crippen LogP contribution in [-0.2, 0) is 6.42 Å². The number of hydrogen-bond acceptors (Lipinski definition) is 3. The molecule has 0 saturated heterocycles. The van der Waals surface area contributed by atoms with Gasteiger partial charge >= 0.3 is 0 Å². The summed E-state index contributed by atoms with van der Waals surface area (Å²) < 4.78 is 1.49. The van der Waals surface area contributed by atoms with Crippen LogP contribution in [0.3, 0.4) is 0 Å². The summed E-state index contributed by atoms with van der Waals surface area (Å²) in [4.78, 5) is 28.5. The molecule has 2 aromatic heterocycles. The average molecular weight is 420 g/mol. The lowest BCUT2D eigenvalue weighted by Gasteiger charge is -2.12. The van der Waals surface area contributed by atoms with E-state index in [4.69, 9.17) is 0 Å². The number of rotatable bonds is 3. The molecule has 6 nitrogen and oxygen atoms in total. The Hall–Kier alpha value is -4.19. The quantitative estimate of drug-likeness (QED) is 0.458. The molecule has 32 heavy (non-hydrogen) atoms. The molecule has 0 saturated carbocycles. The van der Waals surface area contributed by atoms with E-state index >= 15 is 0 Å². The summed E-state index contributed by atoms with van der Waals surface area (Å²) in [7, 11) is 0. The summed E-state index contributed by atoms with van der Waals surface area (Å²) in [5, 5.41) is 9.69. The maximum atomic E-state index is 12.9. The third-order valence-electron chi connectivity index (χ3n) is 6.20. The number of carbonyl (C=O) groups excluding carboxylic acids is 1. The molecule has 1 amide bonds. The van der Waals surface area contributed by atoms with Crippen LogP contribution >= 0.6 is 0 Å². The Morgan fingerprint density at radius 3 is 2.72 bits per heavy atom. The Morgan fingerprint density at radius 2 is 1.81 bits per heavy atom. The van der Waals surface area contributed by atoms with Crippen molar-refractivity contribution in [3.63, 3.8) is 0 Å². The molecule has 0 radical (unpaired) electrons. The molecule has 0 bridgehead atoms. The Kier molecular flexibility index (Phi) is 4.18. The Bertz CT molecular complexity index is 1560. The number of benzene rings is 3. The molecule has 5 aromatic rings. The van der Waals surface area contributed by atoms with Crippen LogP contribution in [0.2, 0.25) is 0 Å². The largest absolute Gasteiger partial charge is 0.344 e. The van der Waals surface area contributed by atoms with E-state index in [2.05, 4.69) is 27.5 Å². The predicted molar refractivity (Wildman–Crippen MR) is 124 cm³/mol. The van der Waals surface area contributed by atoms with Crippen molar-refractivity contribution < 1.29 is 4.79 Å². The van der Waals surface area contributed by atoms with Gasteiger partial charge in [-0.05, 0) is 40.8 Å². The van der Waals surface area contributed by atoms with Crippen LogP contribution in [0.1, 0.15) is 34.1 Å². The van der Waals surface area contributed by atoms with Gasteiger partial charge in [0.05, 0.1) is 17.9 Å². The molecule has 0 aliphatic heterocycles. The highest BCUT2D eigenvalue weighted by Gasteiger charge is 2.25. The highest BCUT2D eigenvalue weighted by atomic mass is 16.2. The fourth-order valence-electron chi connectivity index (χ4n) is 4.56. The van der Waals surface area contributed by atoms with Gasteiger partial charge in [0, 0.05) is 11.6 Å². The molecule has 6 rings (SSSR count). The zero-order valence-electron chi connectivity index (χ0n) is 17.2. The molecule has 3 aromatic carbocycles. The molecule has 1 aliphatic rings. The van der Waals surface area contributed by atoms with Gasteiger partial charge in [0.1, 0.15) is 5.52 Å². The van der Waals surface area contributed by atoms with Crippen LogP contribution in [0.5, 0.6) is 0 Å². The minimum atomic E-state index is -0.284. The molecule has 0 spiro atoms. The van der Waals surface area contributed by atoms with Crippen LogP contribution in [0, 0.1) is 0 Å². The number of nitrogens with zero attached hydrogens (tertiary/aromatic N) is 2. The van der Waals surface area contributed by atoms with E-state index in [0.29, 0.717) is 11.2 Å². The molecule has 2 heterocycles. The highest BCUT2D eigenvalue weighted by Crippen LogP contribution is 2.31. The van der Waals surface area contributed by atoms with Crippen molar-refractivity contribution in [1.82, 2.24) is 19.9 Å². The summed E-state index contributed by atoms with van der Waals surface area (Å²) >= 11 is 0. The van der Waals surface area contributed by atoms with Gasteiger partial charge in [0.2, 0.25) is 0 Å². The van der Waals surface area contributed by atoms with Gasteiger partial charge in [-0.3, -0.25) is 9.59 Å². The Balaban J connectivity index is 1.33. The van der Waals surface area contributed by atoms with Crippen molar-refractivity contribution in [2.45, 2.75) is 18.9 Å². The molecule has 0 fully saturated rings. The van der Waals surface area contributed by atoms with Crippen molar-refractivity contribution in [2.24, 2.45) is 0 Å². The first-order valence-electron chi connectivity index (χ1n) is 10.7. The van der Waals surface area contributed by atoms with Crippen molar-refractivity contribution >= 4 is 22.2 Å². The third kappa shape index (κ3) is 3.08. The van der Waals surface area contributed by atoms with E-state index in [9.17, 15) is 9.59 Å². The Morgan fingerprint density at radius 1 is 1.00 bits per heavy atom. The lowest BCUT2D eigenvalue weighted by atomic mass is 10.1. The summed E-state index contributed by atoms with van der Waals surface area (Å²) in [6.07, 6.45) is 3.56. The number of nitrogens with one attached hydrogen (secondary N) is 2. The van der Waals surface area contributed by atoms with Gasteiger partial charge in [-0.2, -0.15) is 5.10 Å². The van der Waals surface area contributed by atoms with Crippen molar-refractivity contribution in [3.8, 4) is 11.3 Å². The van der Waals surface area contributed by atoms with Gasteiger partial charge in [-0.15, -0.1) is 0 Å². The molecule has 2 N–H and O–H groups in total. The van der Waals surface area contributed by atoms with Gasteiger partial charge < -0.3 is 10.3 Å². The maximum absolute atomic E-state index is 12.9. The molecule has 1 aliphatic carbocycles. The van der Waals surface area contributed by atoms with E-state index in [1.807, 2.05) is 54.6 Å². The van der Waals surface area contributed by atoms with Gasteiger partial charge in [0.15, 0.2) is 5.69 Å². The maximum Gasteiger partial charge on any atom is 0.274 e. The van der Waals surface area contributed by atoms with Crippen LogP contribution in [0.25, 0.3) is 27.5 Å². The van der Waals surface area contributed by atoms with E-state index in [-0.39, 0.29) is 23.2 Å². The van der Waals surface area contributed by atoms with Crippen LogP contribution in [-0.4, -0.2) is 20.5 Å². The third-order valence-corrected chi connectivity index (χ3v) is 6.20. The van der Waals surface area contributed by atoms with Crippen molar-refractivity contribution in [1.29, 1.82) is 0 Å². The van der Waals surface area contributed by atoms with Crippen LogP contribution < -0.4 is 10.9 Å². The normalized spacial score (nSPS) is 15.2. The van der Waals surface area contributed by atoms with E-state index < -0.39 is 0 Å². The summed E-state index contributed by atoms with van der Waals surface area (Å²) in [6, 6.07) is 23.7. The number of hydrogen-bond donors (Lipinski definition) is 2. The number of aryl methyl sites for hydroxylation is 1. The lowest BCUT2D eigenvalue weighted by Crippen LogP contribution is -2.27. The average Bonchev–Trinajstić information content (AvgIpc) is 3.44. The molecule has 1 atom stereocenters. The SMILES string of the molecule is O=C(N[C@H]1CCc2ccccc21)c1cc2c(=O)[nH]c(-c3ccc4ccccc4c3)cn2n1. The van der Waals surface area contributed by atoms with Crippen molar-refractivity contribution in [3.05, 3.63) is 106 Å². The monoisotopic (exact) mass is 420 g/mol. The standard InChI is InChI=1S/C26H20N4O2/c31-25(27-21-12-11-17-6-3-4-8-20(17)21)22-14-24-26(32)28-23(15-30(24)29-22)19-10-9-16-5-1-2-7-18(16)13-19/h1-10,13-15,21H,11-12H2,(H,27,31)(H,28,32)/t21-/m0/s1. The minimum Gasteiger partial charge on any atom is -0.344 e. The number of carbonyl (C=O) groups is 1. The number of amides is 1. The number of fused-ring (bicyclic) bond motifs is 3. The van der Waals surface area contributed by atoms with Gasteiger partial charge in [-0.25, -0.2) is 4.52 Å². The fraction of sp³-hybridized carbons (Fsp3) is 0.115. The van der Waals surface area contributed by atoms with Crippen LogP contribution in [0.15, 0.2) is 83.8 Å². The van der Waals surface area contributed by atoms with Gasteiger partial charge in [-0.1, -0.05) is 60.7 Å². The zero-order valence-corrected chi connectivity index (χ0v) is 17.2. The molecule has 6 heteroatoms. The number of H-pyrrole nitrogens is 1. The summed E-state index contributed by atoms with van der Waals surface area (Å²) in [6.45, 7) is 0. The second-order valence-corrected chi connectivity index (χ2v) is 8.18. The zero-order chi connectivity index (χ0) is 21.7. The first-order chi connectivity index (χ1) is 15.7. The number of aromatic amines is 1. The molecular formula is C26H20N4O2. The second-order valence-electron chi connectivity index (χ2n) is 8.18. The predicted octanol–water partition coefficient (Wildman–Crippen LogP) is 4.26. The van der Waals surface area contributed by atoms with E-state index in [1.165, 1.54) is 10.1 Å². The van der Waals surface area contributed by atoms with E-state index in [0.717, 1.165) is 34.7 Å². The smallest absolute Gasteiger partial charge is 0.274 e. The summed E-state index contributed by atoms with van der Waals surface area (Å²) in [5.41, 5.74) is 4.24. The van der Waals surface area contributed by atoms with Gasteiger partial charge in [0.25, 0.3) is 11.5 Å². The first-order valence-corrected chi connectivity index (χ1v) is 10.7. The summed E-state index contributed by atoms with van der Waals surface area (Å²) in [5.74, 6) is -0.276. The Labute approximate surface area is 183 Å². The minimum absolute atomic E-state index is 0.0324. The fourth-order valence-corrected chi connectivity index (χ4v) is 4.56. The van der Waals surface area contributed by atoms with E-state index in [1.54, 1.807) is 12.3 Å². The lowest BCUT2D eigenvalue weighted by molar-refractivity contribution is 0.0931.